The Kier molecular flexibility index (Phi) is 8.01. The number of fused-ring (bicyclic) bond motifs is 1. The highest BCUT2D eigenvalue weighted by Crippen LogP contribution is 2.32. The average molecular weight is 457 g/mol. The maximum atomic E-state index is 12.4. The number of aromatic nitrogens is 2. The molecule has 0 saturated heterocycles. The smallest absolute Gasteiger partial charge is 0.335 e. The van der Waals surface area contributed by atoms with Gasteiger partial charge in [0, 0.05) is 24.3 Å². The van der Waals surface area contributed by atoms with Crippen molar-refractivity contribution in [1.29, 1.82) is 0 Å². The SMILES string of the molecule is CCCCOc1nc(N)c2c(n1)N(CCCCNC(=O)Nc1cccc(C(=O)O)c1)C(=O)C2. The normalized spacial score (nSPS) is 12.4. The first-order chi connectivity index (χ1) is 15.9. The first-order valence-corrected chi connectivity index (χ1v) is 10.9. The summed E-state index contributed by atoms with van der Waals surface area (Å²) in [4.78, 5) is 45.6. The van der Waals surface area contributed by atoms with Gasteiger partial charge in [0.1, 0.15) is 11.6 Å². The summed E-state index contributed by atoms with van der Waals surface area (Å²) in [5.74, 6) is -0.417. The lowest BCUT2D eigenvalue weighted by Crippen LogP contribution is -2.31. The van der Waals surface area contributed by atoms with Crippen LogP contribution < -0.4 is 26.0 Å². The van der Waals surface area contributed by atoms with Crippen LogP contribution in [0, 0.1) is 0 Å². The molecule has 11 nitrogen and oxygen atoms in total. The lowest BCUT2D eigenvalue weighted by atomic mass is 10.2. The summed E-state index contributed by atoms with van der Waals surface area (Å²) in [6.07, 6.45) is 3.27. The zero-order valence-corrected chi connectivity index (χ0v) is 18.5. The maximum absolute atomic E-state index is 12.4. The Bertz CT molecular complexity index is 1030. The molecule has 0 bridgehead atoms. The number of aromatic carboxylic acids is 1. The predicted molar refractivity (Wildman–Crippen MR) is 123 cm³/mol. The van der Waals surface area contributed by atoms with Crippen molar-refractivity contribution in [2.24, 2.45) is 0 Å². The molecule has 3 amide bonds. The molecule has 0 radical (unpaired) electrons. The highest BCUT2D eigenvalue weighted by Gasteiger charge is 2.31. The number of carboxylic acids is 1. The van der Waals surface area contributed by atoms with Gasteiger partial charge in [-0.3, -0.25) is 9.69 Å². The molecule has 0 atom stereocenters. The Morgan fingerprint density at radius 1 is 1.24 bits per heavy atom. The second-order valence-electron chi connectivity index (χ2n) is 7.59. The Labute approximate surface area is 191 Å². The monoisotopic (exact) mass is 456 g/mol. The number of anilines is 3. The fourth-order valence-corrected chi connectivity index (χ4v) is 3.33. The zero-order chi connectivity index (χ0) is 23.8. The average Bonchev–Trinajstić information content (AvgIpc) is 3.10. The van der Waals surface area contributed by atoms with Crippen LogP contribution in [0.3, 0.4) is 0 Å². The topological polar surface area (TPSA) is 160 Å². The number of nitrogens with one attached hydrogen (secondary N) is 2. The number of benzene rings is 1. The Morgan fingerprint density at radius 3 is 2.82 bits per heavy atom. The van der Waals surface area contributed by atoms with Gasteiger partial charge < -0.3 is 26.2 Å². The molecule has 0 aliphatic carbocycles. The number of carboxylic acid groups (broad SMARTS) is 1. The maximum Gasteiger partial charge on any atom is 0.335 e. The van der Waals surface area contributed by atoms with E-state index in [1.54, 1.807) is 17.0 Å². The van der Waals surface area contributed by atoms with Gasteiger partial charge in [-0.15, -0.1) is 0 Å². The number of nitrogens with two attached hydrogens (primary N) is 1. The zero-order valence-electron chi connectivity index (χ0n) is 18.5. The number of hydrogen-bond donors (Lipinski definition) is 4. The number of amides is 3. The largest absolute Gasteiger partial charge is 0.478 e. The lowest BCUT2D eigenvalue weighted by molar-refractivity contribution is -0.117. The molecule has 1 aromatic carbocycles. The van der Waals surface area contributed by atoms with Gasteiger partial charge in [0.2, 0.25) is 5.91 Å². The van der Waals surface area contributed by atoms with Crippen LogP contribution in [0.25, 0.3) is 0 Å². The molecule has 5 N–H and O–H groups in total. The van der Waals surface area contributed by atoms with E-state index in [0.717, 1.165) is 12.8 Å². The third-order valence-electron chi connectivity index (χ3n) is 5.07. The van der Waals surface area contributed by atoms with Crippen molar-refractivity contribution < 1.29 is 24.2 Å². The first kappa shape index (κ1) is 23.8. The van der Waals surface area contributed by atoms with Crippen molar-refractivity contribution in [2.45, 2.75) is 39.0 Å². The van der Waals surface area contributed by atoms with Crippen LogP contribution in [0.4, 0.5) is 22.1 Å². The van der Waals surface area contributed by atoms with E-state index < -0.39 is 12.0 Å². The molecule has 176 valence electrons. The molecule has 33 heavy (non-hydrogen) atoms. The molecule has 0 fully saturated rings. The van der Waals surface area contributed by atoms with Crippen molar-refractivity contribution >= 4 is 35.2 Å². The standard InChI is InChI=1S/C22H28N6O5/c1-2-3-11-33-22-26-18(23)16-13-17(29)28(19(16)27-22)10-5-4-9-24-21(32)25-15-8-6-7-14(12-15)20(30)31/h6-8,12H,2-5,9-11,13H2,1H3,(H,30,31)(H2,23,26,27)(H2,24,25,32). The number of carbonyl (C=O) groups is 3. The van der Waals surface area contributed by atoms with E-state index in [1.165, 1.54) is 12.1 Å². The summed E-state index contributed by atoms with van der Waals surface area (Å²) in [7, 11) is 0. The molecule has 3 rings (SSSR count). The van der Waals surface area contributed by atoms with E-state index in [2.05, 4.69) is 27.5 Å². The van der Waals surface area contributed by atoms with E-state index in [9.17, 15) is 14.4 Å². The van der Waals surface area contributed by atoms with Crippen molar-refractivity contribution in [3.05, 3.63) is 35.4 Å². The summed E-state index contributed by atoms with van der Waals surface area (Å²) in [5, 5.41) is 14.3. The van der Waals surface area contributed by atoms with Gasteiger partial charge in [-0.2, -0.15) is 9.97 Å². The third kappa shape index (κ3) is 6.31. The Hall–Kier alpha value is -3.89. The quantitative estimate of drug-likeness (QED) is 0.375. The highest BCUT2D eigenvalue weighted by molar-refractivity contribution is 6.01. The van der Waals surface area contributed by atoms with Crippen LogP contribution in [0.15, 0.2) is 24.3 Å². The molecule has 1 aliphatic heterocycles. The van der Waals surface area contributed by atoms with Crippen LogP contribution in [-0.2, 0) is 11.2 Å². The van der Waals surface area contributed by atoms with Gasteiger partial charge in [-0.1, -0.05) is 19.4 Å². The van der Waals surface area contributed by atoms with Crippen LogP contribution in [0.1, 0.15) is 48.5 Å². The van der Waals surface area contributed by atoms with Crippen LogP contribution >= 0.6 is 0 Å². The van der Waals surface area contributed by atoms with E-state index in [-0.39, 0.29) is 29.7 Å². The predicted octanol–water partition coefficient (Wildman–Crippen LogP) is 2.43. The summed E-state index contributed by atoms with van der Waals surface area (Å²) in [6, 6.07) is 5.73. The minimum atomic E-state index is -1.07. The van der Waals surface area contributed by atoms with Crippen molar-refractivity contribution in [2.75, 3.05) is 35.6 Å². The molecular weight excluding hydrogens is 428 g/mol. The van der Waals surface area contributed by atoms with Gasteiger partial charge in [-0.25, -0.2) is 9.59 Å². The van der Waals surface area contributed by atoms with Gasteiger partial charge >= 0.3 is 18.0 Å². The summed E-state index contributed by atoms with van der Waals surface area (Å²) in [6.45, 7) is 3.35. The first-order valence-electron chi connectivity index (χ1n) is 10.9. The lowest BCUT2D eigenvalue weighted by Gasteiger charge is -2.17. The molecule has 0 saturated carbocycles. The highest BCUT2D eigenvalue weighted by atomic mass is 16.5. The second kappa shape index (κ2) is 11.1. The van der Waals surface area contributed by atoms with Crippen LogP contribution in [-0.4, -0.2) is 52.7 Å². The summed E-state index contributed by atoms with van der Waals surface area (Å²) >= 11 is 0. The van der Waals surface area contributed by atoms with E-state index >= 15 is 0 Å². The molecule has 1 aliphatic rings. The number of nitrogen functional groups attached to an aromatic ring is 1. The number of rotatable bonds is 11. The van der Waals surface area contributed by atoms with E-state index in [4.69, 9.17) is 15.6 Å². The number of carbonyl (C=O) groups excluding carboxylic acids is 2. The molecule has 2 heterocycles. The van der Waals surface area contributed by atoms with E-state index in [0.29, 0.717) is 49.6 Å². The van der Waals surface area contributed by atoms with E-state index in [1.807, 2.05) is 0 Å². The Morgan fingerprint density at radius 2 is 2.06 bits per heavy atom. The fourth-order valence-electron chi connectivity index (χ4n) is 3.33. The number of unbranched alkanes of at least 4 members (excludes halogenated alkanes) is 2. The second-order valence-corrected chi connectivity index (χ2v) is 7.59. The van der Waals surface area contributed by atoms with Gasteiger partial charge in [-0.05, 0) is 37.5 Å². The minimum absolute atomic E-state index is 0.0896. The van der Waals surface area contributed by atoms with Crippen molar-refractivity contribution in [1.82, 2.24) is 15.3 Å². The molecule has 2 aromatic rings. The summed E-state index contributed by atoms with van der Waals surface area (Å²) in [5.41, 5.74) is 7.10. The van der Waals surface area contributed by atoms with Gasteiger partial charge in [0.05, 0.1) is 18.6 Å². The Balaban J connectivity index is 1.46. The van der Waals surface area contributed by atoms with Crippen molar-refractivity contribution in [3.8, 4) is 6.01 Å². The van der Waals surface area contributed by atoms with Crippen molar-refractivity contribution in [3.63, 3.8) is 0 Å². The summed E-state index contributed by atoms with van der Waals surface area (Å²) < 4.78 is 5.55. The minimum Gasteiger partial charge on any atom is -0.478 e. The number of ether oxygens (including phenoxy) is 1. The number of hydrogen-bond acceptors (Lipinski definition) is 7. The third-order valence-corrected chi connectivity index (χ3v) is 5.07. The molecule has 0 spiro atoms. The van der Waals surface area contributed by atoms with Gasteiger partial charge in [0.15, 0.2) is 0 Å². The molecular formula is C22H28N6O5. The van der Waals surface area contributed by atoms with Crippen LogP contribution in [0.2, 0.25) is 0 Å². The van der Waals surface area contributed by atoms with Gasteiger partial charge in [0.25, 0.3) is 0 Å². The molecule has 0 unspecified atom stereocenters. The molecule has 1 aromatic heterocycles. The fraction of sp³-hybridized carbons (Fsp3) is 0.409. The van der Waals surface area contributed by atoms with Crippen LogP contribution in [0.5, 0.6) is 6.01 Å². The number of urea groups is 1. The molecule has 11 heteroatoms. The number of nitrogens with zero attached hydrogens (tertiary/aromatic N) is 3.